The van der Waals surface area contributed by atoms with E-state index in [9.17, 15) is 0 Å². The zero-order valence-corrected chi connectivity index (χ0v) is 10.3. The Hall–Kier alpha value is -0.900. The molecule has 3 nitrogen and oxygen atoms in total. The maximum atomic E-state index is 5.26. The lowest BCUT2D eigenvalue weighted by Gasteiger charge is -2.27. The first-order valence-corrected chi connectivity index (χ1v) is 5.51. The molecule has 0 aromatic heterocycles. The fourth-order valence-corrected chi connectivity index (χ4v) is 2.01. The van der Waals surface area contributed by atoms with E-state index in [-0.39, 0.29) is 5.41 Å². The van der Waals surface area contributed by atoms with Gasteiger partial charge in [0.2, 0.25) is 0 Å². The number of nitrogens with two attached hydrogens (primary N) is 1. The summed E-state index contributed by atoms with van der Waals surface area (Å²) in [6.45, 7) is 5.60. The summed E-state index contributed by atoms with van der Waals surface area (Å²) in [5.74, 6) is 5.07. The third-order valence-corrected chi connectivity index (χ3v) is 2.74. The Morgan fingerprint density at radius 1 is 1.25 bits per heavy atom. The second-order valence-electron chi connectivity index (χ2n) is 4.59. The molecule has 0 bridgehead atoms. The van der Waals surface area contributed by atoms with Gasteiger partial charge in [-0.2, -0.15) is 0 Å². The molecule has 0 amide bonds. The number of ether oxygens (including phenoxy) is 1. The van der Waals surface area contributed by atoms with Crippen LogP contribution in [-0.2, 0) is 21.4 Å². The van der Waals surface area contributed by atoms with Crippen LogP contribution in [0, 0.1) is 0 Å². The molecule has 2 N–H and O–H groups in total. The summed E-state index contributed by atoms with van der Waals surface area (Å²) in [7, 11) is 1.73. The molecule has 3 heteroatoms. The van der Waals surface area contributed by atoms with E-state index in [0.29, 0.717) is 13.2 Å². The third kappa shape index (κ3) is 3.30. The van der Waals surface area contributed by atoms with Gasteiger partial charge in [-0.05, 0) is 17.5 Å². The van der Waals surface area contributed by atoms with Gasteiger partial charge in [-0.1, -0.05) is 38.1 Å². The van der Waals surface area contributed by atoms with Crippen molar-refractivity contribution in [3.63, 3.8) is 0 Å². The lowest BCUT2D eigenvalue weighted by Crippen LogP contribution is -2.25. The van der Waals surface area contributed by atoms with Gasteiger partial charge in [-0.15, -0.1) is 0 Å². The van der Waals surface area contributed by atoms with Crippen molar-refractivity contribution in [1.29, 1.82) is 0 Å². The topological polar surface area (TPSA) is 44.5 Å². The molecule has 0 heterocycles. The van der Waals surface area contributed by atoms with E-state index in [1.165, 1.54) is 11.1 Å². The van der Waals surface area contributed by atoms with Crippen molar-refractivity contribution in [1.82, 2.24) is 0 Å². The standard InChI is InChI=1S/C13H21NO2/c1-13(2,10-15-3)12-7-5-4-6-11(12)8-9-16-14/h4-7H,8-10,14H2,1-3H3. The van der Waals surface area contributed by atoms with E-state index in [1.807, 2.05) is 6.07 Å². The van der Waals surface area contributed by atoms with Gasteiger partial charge < -0.3 is 9.57 Å². The molecule has 0 atom stereocenters. The largest absolute Gasteiger partial charge is 0.384 e. The molecule has 16 heavy (non-hydrogen) atoms. The van der Waals surface area contributed by atoms with Crippen LogP contribution in [0.15, 0.2) is 24.3 Å². The second-order valence-corrected chi connectivity index (χ2v) is 4.59. The normalized spacial score (nSPS) is 11.8. The van der Waals surface area contributed by atoms with Crippen molar-refractivity contribution in [2.45, 2.75) is 25.7 Å². The van der Waals surface area contributed by atoms with Crippen LogP contribution in [0.25, 0.3) is 0 Å². The average molecular weight is 223 g/mol. The number of hydrogen-bond acceptors (Lipinski definition) is 3. The predicted octanol–water partition coefficient (Wildman–Crippen LogP) is 2.04. The second kappa shape index (κ2) is 5.99. The molecule has 0 unspecified atom stereocenters. The minimum Gasteiger partial charge on any atom is -0.384 e. The average Bonchev–Trinajstić information content (AvgIpc) is 2.26. The van der Waals surface area contributed by atoms with Gasteiger partial charge in [0, 0.05) is 12.5 Å². The van der Waals surface area contributed by atoms with E-state index >= 15 is 0 Å². The Morgan fingerprint density at radius 3 is 2.56 bits per heavy atom. The fourth-order valence-electron chi connectivity index (χ4n) is 2.01. The van der Waals surface area contributed by atoms with Crippen molar-refractivity contribution < 1.29 is 9.57 Å². The van der Waals surface area contributed by atoms with Crippen molar-refractivity contribution in [2.24, 2.45) is 5.90 Å². The molecule has 0 saturated heterocycles. The molecular formula is C13H21NO2. The Balaban J connectivity index is 2.93. The molecule has 1 aromatic carbocycles. The summed E-state index contributed by atoms with van der Waals surface area (Å²) in [5, 5.41) is 0. The van der Waals surface area contributed by atoms with Crippen LogP contribution in [0.2, 0.25) is 0 Å². The summed E-state index contributed by atoms with van der Waals surface area (Å²) >= 11 is 0. The first-order chi connectivity index (χ1) is 7.61. The molecule has 0 radical (unpaired) electrons. The number of hydrogen-bond donors (Lipinski definition) is 1. The Bertz CT molecular complexity index is 323. The van der Waals surface area contributed by atoms with Gasteiger partial charge in [0.1, 0.15) is 0 Å². The van der Waals surface area contributed by atoms with Gasteiger partial charge in [0.05, 0.1) is 13.2 Å². The molecule has 0 fully saturated rings. The SMILES string of the molecule is COCC(C)(C)c1ccccc1CCON. The molecule has 1 aromatic rings. The lowest BCUT2D eigenvalue weighted by atomic mass is 9.82. The van der Waals surface area contributed by atoms with Gasteiger partial charge in [-0.3, -0.25) is 0 Å². The van der Waals surface area contributed by atoms with Gasteiger partial charge in [0.15, 0.2) is 0 Å². The van der Waals surface area contributed by atoms with Crippen molar-refractivity contribution >= 4 is 0 Å². The Morgan fingerprint density at radius 2 is 1.94 bits per heavy atom. The molecule has 90 valence electrons. The Labute approximate surface area is 97.5 Å². The van der Waals surface area contributed by atoms with Crippen LogP contribution >= 0.6 is 0 Å². The van der Waals surface area contributed by atoms with Crippen LogP contribution in [0.1, 0.15) is 25.0 Å². The minimum absolute atomic E-state index is 0.0138. The predicted molar refractivity (Wildman–Crippen MR) is 65.2 cm³/mol. The van der Waals surface area contributed by atoms with Crippen molar-refractivity contribution in [3.05, 3.63) is 35.4 Å². The molecule has 1 rings (SSSR count). The smallest absolute Gasteiger partial charge is 0.0719 e. The highest BCUT2D eigenvalue weighted by Gasteiger charge is 2.22. The van der Waals surface area contributed by atoms with Crippen LogP contribution in [-0.4, -0.2) is 20.3 Å². The van der Waals surface area contributed by atoms with Crippen LogP contribution in [0.3, 0.4) is 0 Å². The zero-order chi connectivity index (χ0) is 12.0. The minimum atomic E-state index is 0.0138. The highest BCUT2D eigenvalue weighted by Crippen LogP contribution is 2.27. The lowest BCUT2D eigenvalue weighted by molar-refractivity contribution is 0.137. The summed E-state index contributed by atoms with van der Waals surface area (Å²) in [6.07, 6.45) is 0.833. The summed E-state index contributed by atoms with van der Waals surface area (Å²) in [4.78, 5) is 4.64. The quantitative estimate of drug-likeness (QED) is 0.751. The van der Waals surface area contributed by atoms with Crippen LogP contribution < -0.4 is 5.90 Å². The highest BCUT2D eigenvalue weighted by atomic mass is 16.6. The van der Waals surface area contributed by atoms with E-state index in [0.717, 1.165) is 6.42 Å². The summed E-state index contributed by atoms with van der Waals surface area (Å²) < 4.78 is 5.26. The van der Waals surface area contributed by atoms with E-state index in [2.05, 4.69) is 36.9 Å². The van der Waals surface area contributed by atoms with E-state index in [4.69, 9.17) is 10.6 Å². The number of rotatable bonds is 6. The summed E-state index contributed by atoms with van der Waals surface area (Å²) in [6, 6.07) is 8.36. The first kappa shape index (κ1) is 13.2. The van der Waals surface area contributed by atoms with Crippen molar-refractivity contribution in [2.75, 3.05) is 20.3 Å². The van der Waals surface area contributed by atoms with E-state index in [1.54, 1.807) is 7.11 Å². The van der Waals surface area contributed by atoms with Gasteiger partial charge in [-0.25, -0.2) is 5.90 Å². The summed E-state index contributed by atoms with van der Waals surface area (Å²) in [5.41, 5.74) is 2.59. The van der Waals surface area contributed by atoms with Gasteiger partial charge in [0.25, 0.3) is 0 Å². The molecule has 0 aliphatic heterocycles. The molecule has 0 saturated carbocycles. The maximum absolute atomic E-state index is 5.26. The van der Waals surface area contributed by atoms with E-state index < -0.39 is 0 Å². The van der Waals surface area contributed by atoms with Crippen LogP contribution in [0.5, 0.6) is 0 Å². The molecular weight excluding hydrogens is 202 g/mol. The number of benzene rings is 1. The zero-order valence-electron chi connectivity index (χ0n) is 10.3. The van der Waals surface area contributed by atoms with Crippen molar-refractivity contribution in [3.8, 4) is 0 Å². The third-order valence-electron chi connectivity index (χ3n) is 2.74. The molecule has 0 spiro atoms. The monoisotopic (exact) mass is 223 g/mol. The molecule has 0 aliphatic rings. The Kier molecular flexibility index (Phi) is 4.93. The maximum Gasteiger partial charge on any atom is 0.0719 e. The molecule has 0 aliphatic carbocycles. The first-order valence-electron chi connectivity index (χ1n) is 5.51. The number of methoxy groups -OCH3 is 1. The van der Waals surface area contributed by atoms with Gasteiger partial charge >= 0.3 is 0 Å². The highest BCUT2D eigenvalue weighted by molar-refractivity contribution is 5.33. The fraction of sp³-hybridized carbons (Fsp3) is 0.538. The van der Waals surface area contributed by atoms with Crippen LogP contribution in [0.4, 0.5) is 0 Å².